The molecule has 107 valence electrons. The number of hydrogen-bond donors (Lipinski definition) is 0. The van der Waals surface area contributed by atoms with Gasteiger partial charge in [-0.15, -0.1) is 0 Å². The molecule has 1 saturated carbocycles. The predicted molar refractivity (Wildman–Crippen MR) is 83.8 cm³/mol. The van der Waals surface area contributed by atoms with E-state index in [1.165, 1.54) is 63.8 Å². The molecule has 0 unspecified atom stereocenters. The van der Waals surface area contributed by atoms with Crippen molar-refractivity contribution in [2.45, 2.75) is 83.5 Å². The van der Waals surface area contributed by atoms with Crippen molar-refractivity contribution < 1.29 is 4.74 Å². The monoisotopic (exact) mass is 269 g/mol. The standard InChI is InChI=1S/C16H33OSi/c1-18(2,3)14-13-17-15-16-11-9-7-5-4-6-8-10-12-16/h4-15H2,1-3H3. The average Bonchev–Trinajstić information content (AvgIpc) is 2.31. The van der Waals surface area contributed by atoms with E-state index in [0.717, 1.165) is 13.2 Å². The molecule has 1 nitrogen and oxygen atoms in total. The molecule has 1 fully saturated rings. The molecule has 18 heavy (non-hydrogen) atoms. The van der Waals surface area contributed by atoms with Gasteiger partial charge >= 0.3 is 0 Å². The minimum Gasteiger partial charge on any atom is -0.381 e. The lowest BCUT2D eigenvalue weighted by atomic mass is 9.93. The lowest BCUT2D eigenvalue weighted by Gasteiger charge is -2.20. The van der Waals surface area contributed by atoms with Gasteiger partial charge < -0.3 is 4.74 Å². The van der Waals surface area contributed by atoms with Crippen molar-refractivity contribution in [2.75, 3.05) is 13.2 Å². The third-order valence-electron chi connectivity index (χ3n) is 3.86. The smallest absolute Gasteiger partial charge is 0.0528 e. The van der Waals surface area contributed by atoms with Gasteiger partial charge in [0, 0.05) is 20.6 Å². The summed E-state index contributed by atoms with van der Waals surface area (Å²) < 4.78 is 5.92. The fourth-order valence-corrected chi connectivity index (χ4v) is 3.25. The van der Waals surface area contributed by atoms with Crippen LogP contribution in [0.2, 0.25) is 25.7 Å². The predicted octanol–water partition coefficient (Wildman–Crippen LogP) is 5.44. The Morgan fingerprint density at radius 3 is 1.83 bits per heavy atom. The fourth-order valence-electron chi connectivity index (χ4n) is 2.50. The van der Waals surface area contributed by atoms with Crippen molar-refractivity contribution in [3.8, 4) is 0 Å². The quantitative estimate of drug-likeness (QED) is 0.477. The SMILES string of the molecule is C[Si](C)(C)CCOC[C]1CCCCCCCCC1. The average molecular weight is 270 g/mol. The van der Waals surface area contributed by atoms with Crippen molar-refractivity contribution in [3.63, 3.8) is 0 Å². The summed E-state index contributed by atoms with van der Waals surface area (Å²) >= 11 is 0. The molecule has 0 N–H and O–H groups in total. The molecule has 0 aromatic heterocycles. The zero-order valence-electron chi connectivity index (χ0n) is 12.9. The molecule has 0 aromatic carbocycles. The molecule has 0 saturated heterocycles. The molecule has 0 spiro atoms. The second-order valence-electron chi connectivity index (χ2n) is 7.09. The zero-order chi connectivity index (χ0) is 13.3. The third-order valence-corrected chi connectivity index (χ3v) is 5.57. The summed E-state index contributed by atoms with van der Waals surface area (Å²) in [6.45, 7) is 9.21. The molecule has 0 heterocycles. The molecule has 0 aliphatic heterocycles. The van der Waals surface area contributed by atoms with Gasteiger partial charge in [-0.05, 0) is 18.9 Å². The maximum absolute atomic E-state index is 5.92. The van der Waals surface area contributed by atoms with E-state index in [2.05, 4.69) is 19.6 Å². The van der Waals surface area contributed by atoms with Crippen LogP contribution in [0.4, 0.5) is 0 Å². The summed E-state index contributed by atoms with van der Waals surface area (Å²) in [5, 5.41) is 0. The Morgan fingerprint density at radius 1 is 0.833 bits per heavy atom. The van der Waals surface area contributed by atoms with Crippen molar-refractivity contribution in [3.05, 3.63) is 5.92 Å². The van der Waals surface area contributed by atoms with Gasteiger partial charge in [0.15, 0.2) is 0 Å². The highest BCUT2D eigenvalue weighted by Crippen LogP contribution is 2.23. The number of rotatable bonds is 5. The molecular weight excluding hydrogens is 236 g/mol. The van der Waals surface area contributed by atoms with Gasteiger partial charge in [-0.3, -0.25) is 0 Å². The van der Waals surface area contributed by atoms with Gasteiger partial charge in [-0.25, -0.2) is 0 Å². The Morgan fingerprint density at radius 2 is 1.33 bits per heavy atom. The molecule has 1 aliphatic carbocycles. The second kappa shape index (κ2) is 9.14. The van der Waals surface area contributed by atoms with E-state index in [4.69, 9.17) is 4.74 Å². The van der Waals surface area contributed by atoms with E-state index in [1.54, 1.807) is 5.92 Å². The van der Waals surface area contributed by atoms with Crippen LogP contribution in [0.3, 0.4) is 0 Å². The Kier molecular flexibility index (Phi) is 8.24. The first-order valence-electron chi connectivity index (χ1n) is 7.99. The molecule has 1 aliphatic rings. The van der Waals surface area contributed by atoms with Crippen LogP contribution in [0.25, 0.3) is 0 Å². The van der Waals surface area contributed by atoms with Crippen molar-refractivity contribution in [1.82, 2.24) is 0 Å². The first-order valence-corrected chi connectivity index (χ1v) is 11.7. The van der Waals surface area contributed by atoms with Crippen LogP contribution in [0.1, 0.15) is 57.8 Å². The maximum Gasteiger partial charge on any atom is 0.0528 e. The van der Waals surface area contributed by atoms with Crippen LogP contribution in [0, 0.1) is 5.92 Å². The fraction of sp³-hybridized carbons (Fsp3) is 0.938. The van der Waals surface area contributed by atoms with Crippen LogP contribution in [0.5, 0.6) is 0 Å². The van der Waals surface area contributed by atoms with E-state index in [1.807, 2.05) is 0 Å². The lowest BCUT2D eigenvalue weighted by Crippen LogP contribution is -2.22. The van der Waals surface area contributed by atoms with Gasteiger partial charge in [0.25, 0.3) is 0 Å². The van der Waals surface area contributed by atoms with Gasteiger partial charge in [0.1, 0.15) is 0 Å². The van der Waals surface area contributed by atoms with Gasteiger partial charge in [-0.1, -0.05) is 64.6 Å². The van der Waals surface area contributed by atoms with E-state index in [0.29, 0.717) is 0 Å². The summed E-state index contributed by atoms with van der Waals surface area (Å²) in [6.07, 6.45) is 12.7. The van der Waals surface area contributed by atoms with Crippen LogP contribution in [0.15, 0.2) is 0 Å². The van der Waals surface area contributed by atoms with Gasteiger partial charge in [0.2, 0.25) is 0 Å². The minimum absolute atomic E-state index is 0.911. The van der Waals surface area contributed by atoms with Crippen LogP contribution < -0.4 is 0 Å². The van der Waals surface area contributed by atoms with Crippen molar-refractivity contribution in [2.24, 2.45) is 0 Å². The van der Waals surface area contributed by atoms with Crippen LogP contribution in [-0.4, -0.2) is 21.3 Å². The molecule has 1 rings (SSSR count). The molecule has 0 bridgehead atoms. The lowest BCUT2D eigenvalue weighted by molar-refractivity contribution is 0.149. The molecule has 1 radical (unpaired) electrons. The third kappa shape index (κ3) is 9.15. The van der Waals surface area contributed by atoms with Crippen molar-refractivity contribution in [1.29, 1.82) is 0 Å². The Labute approximate surface area is 116 Å². The topological polar surface area (TPSA) is 9.23 Å². The highest BCUT2D eigenvalue weighted by molar-refractivity contribution is 6.76. The summed E-state index contributed by atoms with van der Waals surface area (Å²) in [4.78, 5) is 0. The molecule has 0 aromatic rings. The van der Waals surface area contributed by atoms with E-state index in [-0.39, 0.29) is 0 Å². The Hall–Kier alpha value is 0.177. The molecular formula is C16H33OSi. The van der Waals surface area contributed by atoms with E-state index in [9.17, 15) is 0 Å². The highest BCUT2D eigenvalue weighted by atomic mass is 28.3. The normalized spacial score (nSPS) is 20.8. The second-order valence-corrected chi connectivity index (χ2v) is 12.7. The number of hydrogen-bond acceptors (Lipinski definition) is 1. The Bertz CT molecular complexity index is 188. The van der Waals surface area contributed by atoms with E-state index >= 15 is 0 Å². The Balaban J connectivity index is 2.13. The highest BCUT2D eigenvalue weighted by Gasteiger charge is 2.14. The van der Waals surface area contributed by atoms with Crippen LogP contribution >= 0.6 is 0 Å². The minimum atomic E-state index is -0.911. The van der Waals surface area contributed by atoms with Gasteiger partial charge in [-0.2, -0.15) is 0 Å². The summed E-state index contributed by atoms with van der Waals surface area (Å²) in [7, 11) is -0.911. The number of ether oxygens (including phenoxy) is 1. The van der Waals surface area contributed by atoms with Crippen molar-refractivity contribution >= 4 is 8.07 Å². The van der Waals surface area contributed by atoms with Gasteiger partial charge in [0.05, 0.1) is 6.61 Å². The molecule has 0 amide bonds. The first-order chi connectivity index (χ1) is 8.58. The zero-order valence-corrected chi connectivity index (χ0v) is 13.9. The van der Waals surface area contributed by atoms with Crippen LogP contribution in [-0.2, 0) is 4.74 Å². The summed E-state index contributed by atoms with van der Waals surface area (Å²) in [6, 6.07) is 1.31. The summed E-state index contributed by atoms with van der Waals surface area (Å²) in [5.74, 6) is 1.69. The van der Waals surface area contributed by atoms with E-state index < -0.39 is 8.07 Å². The first kappa shape index (κ1) is 16.2. The molecule has 0 atom stereocenters. The largest absolute Gasteiger partial charge is 0.381 e. The molecule has 2 heteroatoms. The summed E-state index contributed by atoms with van der Waals surface area (Å²) in [5.41, 5.74) is 0. The maximum atomic E-state index is 5.92.